The van der Waals surface area contributed by atoms with Crippen LogP contribution in [0.1, 0.15) is 0 Å². The molecule has 100 valence electrons. The SMILES string of the molecule is O=S(=O)(Nc1cnc(Br)cn1)c1ccc(Cl)c(Cl)c1. The molecule has 19 heavy (non-hydrogen) atoms. The van der Waals surface area contributed by atoms with Crippen LogP contribution < -0.4 is 4.72 Å². The largest absolute Gasteiger partial charge is 0.263 e. The molecule has 0 saturated carbocycles. The van der Waals surface area contributed by atoms with Gasteiger partial charge >= 0.3 is 0 Å². The van der Waals surface area contributed by atoms with E-state index in [2.05, 4.69) is 30.6 Å². The molecule has 1 heterocycles. The lowest BCUT2D eigenvalue weighted by Gasteiger charge is -2.07. The van der Waals surface area contributed by atoms with E-state index in [1.54, 1.807) is 0 Å². The van der Waals surface area contributed by atoms with Gasteiger partial charge in [0.15, 0.2) is 5.82 Å². The average Bonchev–Trinajstić information content (AvgIpc) is 2.35. The second-order valence-corrected chi connectivity index (χ2v) is 6.72. The minimum atomic E-state index is -3.78. The molecule has 0 aliphatic rings. The maximum Gasteiger partial charge on any atom is 0.263 e. The average molecular weight is 383 g/mol. The highest BCUT2D eigenvalue weighted by Gasteiger charge is 2.16. The summed E-state index contributed by atoms with van der Waals surface area (Å²) < 4.78 is 26.9. The normalized spacial score (nSPS) is 11.3. The number of nitrogens with zero attached hydrogens (tertiary/aromatic N) is 2. The van der Waals surface area contributed by atoms with Crippen molar-refractivity contribution >= 4 is 55.0 Å². The zero-order chi connectivity index (χ0) is 14.0. The van der Waals surface area contributed by atoms with Gasteiger partial charge in [-0.15, -0.1) is 0 Å². The van der Waals surface area contributed by atoms with Gasteiger partial charge in [-0.25, -0.2) is 18.4 Å². The van der Waals surface area contributed by atoms with Gasteiger partial charge in [0.1, 0.15) is 4.60 Å². The third-order valence-corrected chi connectivity index (χ3v) is 4.56. The predicted molar refractivity (Wildman–Crippen MR) is 77.0 cm³/mol. The smallest absolute Gasteiger partial charge is 0.262 e. The molecule has 0 bridgehead atoms. The molecular formula is C10H6BrCl2N3O2S. The molecule has 2 rings (SSSR count). The lowest BCUT2D eigenvalue weighted by atomic mass is 10.4. The van der Waals surface area contributed by atoms with Crippen molar-refractivity contribution in [2.24, 2.45) is 0 Å². The van der Waals surface area contributed by atoms with E-state index >= 15 is 0 Å². The van der Waals surface area contributed by atoms with Crippen molar-refractivity contribution in [3.8, 4) is 0 Å². The van der Waals surface area contributed by atoms with Gasteiger partial charge in [0.2, 0.25) is 0 Å². The molecule has 5 nitrogen and oxygen atoms in total. The Bertz CT molecular complexity index is 707. The van der Waals surface area contributed by atoms with E-state index in [4.69, 9.17) is 23.2 Å². The Balaban J connectivity index is 2.32. The second-order valence-electron chi connectivity index (χ2n) is 3.41. The topological polar surface area (TPSA) is 72.0 Å². The molecule has 1 aromatic carbocycles. The van der Waals surface area contributed by atoms with E-state index in [0.29, 0.717) is 4.60 Å². The number of anilines is 1. The lowest BCUT2D eigenvalue weighted by Crippen LogP contribution is -2.14. The summed E-state index contributed by atoms with van der Waals surface area (Å²) in [6, 6.07) is 4.02. The van der Waals surface area contributed by atoms with Crippen LogP contribution in [0.15, 0.2) is 40.1 Å². The minimum absolute atomic E-state index is 0.00776. The van der Waals surface area contributed by atoms with Gasteiger partial charge in [-0.05, 0) is 34.1 Å². The van der Waals surface area contributed by atoms with Gasteiger partial charge in [0.25, 0.3) is 10.0 Å². The summed E-state index contributed by atoms with van der Waals surface area (Å²) >= 11 is 14.6. The second kappa shape index (κ2) is 5.62. The number of hydrogen-bond donors (Lipinski definition) is 1. The number of rotatable bonds is 3. The Morgan fingerprint density at radius 2 is 1.84 bits per heavy atom. The maximum absolute atomic E-state index is 12.1. The summed E-state index contributed by atoms with van der Waals surface area (Å²) in [5, 5.41) is 0.440. The molecule has 1 N–H and O–H groups in total. The molecule has 0 atom stereocenters. The Morgan fingerprint density at radius 3 is 2.42 bits per heavy atom. The van der Waals surface area contributed by atoms with Crippen LogP contribution in [-0.4, -0.2) is 18.4 Å². The first-order chi connectivity index (χ1) is 8.88. The first kappa shape index (κ1) is 14.5. The summed E-state index contributed by atoms with van der Waals surface area (Å²) in [7, 11) is -3.78. The van der Waals surface area contributed by atoms with Gasteiger partial charge in [-0.1, -0.05) is 23.2 Å². The zero-order valence-corrected chi connectivity index (χ0v) is 13.1. The molecule has 2 aromatic rings. The van der Waals surface area contributed by atoms with Crippen LogP contribution in [0.4, 0.5) is 5.82 Å². The van der Waals surface area contributed by atoms with Crippen molar-refractivity contribution in [2.45, 2.75) is 4.90 Å². The number of benzene rings is 1. The maximum atomic E-state index is 12.1. The summed E-state index contributed by atoms with van der Waals surface area (Å²) in [6.45, 7) is 0. The van der Waals surface area contributed by atoms with Crippen LogP contribution in [0, 0.1) is 0 Å². The van der Waals surface area contributed by atoms with Crippen LogP contribution in [0.3, 0.4) is 0 Å². The molecule has 0 amide bonds. The van der Waals surface area contributed by atoms with Crippen LogP contribution in [-0.2, 0) is 10.0 Å². The van der Waals surface area contributed by atoms with E-state index in [1.165, 1.54) is 30.6 Å². The first-order valence-electron chi connectivity index (χ1n) is 4.84. The Kier molecular flexibility index (Phi) is 4.29. The molecule has 0 aliphatic carbocycles. The van der Waals surface area contributed by atoms with Crippen molar-refractivity contribution in [3.63, 3.8) is 0 Å². The van der Waals surface area contributed by atoms with Crippen LogP contribution in [0.2, 0.25) is 10.0 Å². The number of hydrogen-bond acceptors (Lipinski definition) is 4. The molecule has 0 fully saturated rings. The fourth-order valence-electron chi connectivity index (χ4n) is 1.21. The van der Waals surface area contributed by atoms with Gasteiger partial charge in [-0.3, -0.25) is 4.72 Å². The predicted octanol–water partition coefficient (Wildman–Crippen LogP) is 3.35. The molecule has 9 heteroatoms. The monoisotopic (exact) mass is 381 g/mol. The van der Waals surface area contributed by atoms with Crippen molar-refractivity contribution in [3.05, 3.63) is 45.2 Å². The molecule has 1 aromatic heterocycles. The van der Waals surface area contributed by atoms with E-state index in [9.17, 15) is 8.42 Å². The first-order valence-corrected chi connectivity index (χ1v) is 7.87. The fraction of sp³-hybridized carbons (Fsp3) is 0. The van der Waals surface area contributed by atoms with Crippen LogP contribution >= 0.6 is 39.1 Å². The van der Waals surface area contributed by atoms with Crippen molar-refractivity contribution in [1.82, 2.24) is 9.97 Å². The quantitative estimate of drug-likeness (QED) is 0.883. The highest BCUT2D eigenvalue weighted by atomic mass is 79.9. The van der Waals surface area contributed by atoms with Gasteiger partial charge in [-0.2, -0.15) is 0 Å². The Labute approximate surface area is 128 Å². The van der Waals surface area contributed by atoms with Crippen LogP contribution in [0.25, 0.3) is 0 Å². The van der Waals surface area contributed by atoms with E-state index in [-0.39, 0.29) is 20.8 Å². The van der Waals surface area contributed by atoms with E-state index < -0.39 is 10.0 Å². The zero-order valence-electron chi connectivity index (χ0n) is 9.14. The third kappa shape index (κ3) is 3.56. The molecule has 0 saturated heterocycles. The molecule has 0 spiro atoms. The van der Waals surface area contributed by atoms with E-state index in [0.717, 1.165) is 0 Å². The van der Waals surface area contributed by atoms with Gasteiger partial charge in [0, 0.05) is 0 Å². The van der Waals surface area contributed by atoms with Gasteiger partial charge < -0.3 is 0 Å². The van der Waals surface area contributed by atoms with Crippen LogP contribution in [0.5, 0.6) is 0 Å². The van der Waals surface area contributed by atoms with Gasteiger partial charge in [0.05, 0.1) is 27.3 Å². The summed E-state index contributed by atoms with van der Waals surface area (Å²) in [6.07, 6.45) is 2.67. The minimum Gasteiger partial charge on any atom is -0.262 e. The Morgan fingerprint density at radius 1 is 1.11 bits per heavy atom. The number of nitrogens with one attached hydrogen (secondary N) is 1. The van der Waals surface area contributed by atoms with Crippen molar-refractivity contribution in [2.75, 3.05) is 4.72 Å². The highest BCUT2D eigenvalue weighted by molar-refractivity contribution is 9.10. The number of aromatic nitrogens is 2. The molecule has 0 unspecified atom stereocenters. The summed E-state index contributed by atoms with van der Waals surface area (Å²) in [4.78, 5) is 7.73. The Hall–Kier alpha value is -0.890. The highest BCUT2D eigenvalue weighted by Crippen LogP contribution is 2.25. The van der Waals surface area contributed by atoms with Crippen molar-refractivity contribution < 1.29 is 8.42 Å². The van der Waals surface area contributed by atoms with Crippen molar-refractivity contribution in [1.29, 1.82) is 0 Å². The standard InChI is InChI=1S/C10H6BrCl2N3O2S/c11-9-4-15-10(5-14-9)16-19(17,18)6-1-2-7(12)8(13)3-6/h1-5H,(H,15,16). The van der Waals surface area contributed by atoms with E-state index in [1.807, 2.05) is 0 Å². The summed E-state index contributed by atoms with van der Waals surface area (Å²) in [5.41, 5.74) is 0. The lowest BCUT2D eigenvalue weighted by molar-refractivity contribution is 0.601. The molecule has 0 radical (unpaired) electrons. The summed E-state index contributed by atoms with van der Waals surface area (Å²) in [5.74, 6) is 0.106. The number of sulfonamides is 1. The fourth-order valence-corrected chi connectivity index (χ4v) is 2.79. The number of halogens is 3. The molecule has 0 aliphatic heterocycles. The third-order valence-electron chi connectivity index (χ3n) is 2.06. The molecular weight excluding hydrogens is 377 g/mol.